The minimum Gasteiger partial charge on any atom is -0.461 e. The van der Waals surface area contributed by atoms with E-state index < -0.39 is 11.2 Å². The molecule has 4 rings (SSSR count). The smallest absolute Gasteiger partial charge is 0.332 e. The third-order valence-corrected chi connectivity index (χ3v) is 6.32. The standard InChI is InChI=1S/C18H17N7O4S2/c1-4-11-22-23-17(31-11)19-10(26)8-30-15-12-14(24(2)18(28)25(3)16(12)27)20-13(21-15)9-6-5-7-29-9/h5-7H,4,8H2,1-3H3,(H,19,23,26). The molecule has 13 heteroatoms. The number of furan rings is 1. The van der Waals surface area contributed by atoms with Crippen LogP contribution in [0.1, 0.15) is 11.9 Å². The molecule has 0 fully saturated rings. The first-order chi connectivity index (χ1) is 14.9. The van der Waals surface area contributed by atoms with Crippen molar-refractivity contribution in [2.45, 2.75) is 18.4 Å². The highest BCUT2D eigenvalue weighted by atomic mass is 32.2. The van der Waals surface area contributed by atoms with Gasteiger partial charge in [0.2, 0.25) is 11.0 Å². The summed E-state index contributed by atoms with van der Waals surface area (Å²) >= 11 is 2.36. The van der Waals surface area contributed by atoms with Crippen molar-refractivity contribution < 1.29 is 9.21 Å². The number of carbonyl (C=O) groups excluding carboxylic acids is 1. The van der Waals surface area contributed by atoms with E-state index >= 15 is 0 Å². The molecule has 160 valence electrons. The van der Waals surface area contributed by atoms with Crippen molar-refractivity contribution in [2.75, 3.05) is 11.1 Å². The highest BCUT2D eigenvalue weighted by molar-refractivity contribution is 8.00. The van der Waals surface area contributed by atoms with E-state index in [-0.39, 0.29) is 33.5 Å². The molecule has 4 aromatic rings. The molecule has 11 nitrogen and oxygen atoms in total. The van der Waals surface area contributed by atoms with Crippen LogP contribution in [0.25, 0.3) is 22.6 Å². The van der Waals surface area contributed by atoms with E-state index in [0.29, 0.717) is 10.9 Å². The third-order valence-electron chi connectivity index (χ3n) is 4.36. The number of amides is 1. The normalized spacial score (nSPS) is 11.2. The molecule has 1 N–H and O–H groups in total. The number of carbonyl (C=O) groups is 1. The predicted molar refractivity (Wildman–Crippen MR) is 116 cm³/mol. The summed E-state index contributed by atoms with van der Waals surface area (Å²) in [5.74, 6) is 0.232. The minimum atomic E-state index is -0.538. The molecule has 0 aromatic carbocycles. The van der Waals surface area contributed by atoms with Gasteiger partial charge in [0.25, 0.3) is 5.56 Å². The van der Waals surface area contributed by atoms with Crippen LogP contribution in [0.4, 0.5) is 5.13 Å². The molecule has 0 aliphatic carbocycles. The van der Waals surface area contributed by atoms with Gasteiger partial charge in [0.05, 0.1) is 12.0 Å². The molecule has 4 aromatic heterocycles. The maximum absolute atomic E-state index is 12.8. The Morgan fingerprint density at radius 3 is 2.71 bits per heavy atom. The summed E-state index contributed by atoms with van der Waals surface area (Å²) in [4.78, 5) is 46.4. The van der Waals surface area contributed by atoms with Crippen LogP contribution in [0.3, 0.4) is 0 Å². The van der Waals surface area contributed by atoms with Gasteiger partial charge in [-0.2, -0.15) is 0 Å². The number of aromatic nitrogens is 6. The van der Waals surface area contributed by atoms with Crippen molar-refractivity contribution in [1.29, 1.82) is 0 Å². The van der Waals surface area contributed by atoms with E-state index in [9.17, 15) is 14.4 Å². The highest BCUT2D eigenvalue weighted by Gasteiger charge is 2.20. The highest BCUT2D eigenvalue weighted by Crippen LogP contribution is 2.26. The summed E-state index contributed by atoms with van der Waals surface area (Å²) in [7, 11) is 2.90. The van der Waals surface area contributed by atoms with Gasteiger partial charge in [-0.05, 0) is 18.6 Å². The second-order valence-electron chi connectivity index (χ2n) is 6.43. The lowest BCUT2D eigenvalue weighted by molar-refractivity contribution is -0.113. The van der Waals surface area contributed by atoms with E-state index in [2.05, 4.69) is 25.5 Å². The summed E-state index contributed by atoms with van der Waals surface area (Å²) < 4.78 is 7.62. The first-order valence-corrected chi connectivity index (χ1v) is 11.0. The molecule has 0 radical (unpaired) electrons. The predicted octanol–water partition coefficient (Wildman–Crippen LogP) is 1.43. The van der Waals surface area contributed by atoms with Crippen LogP contribution in [-0.4, -0.2) is 41.0 Å². The number of nitrogens with zero attached hydrogens (tertiary/aromatic N) is 6. The fraction of sp³-hybridized carbons (Fsp3) is 0.278. The molecule has 0 bridgehead atoms. The van der Waals surface area contributed by atoms with Crippen molar-refractivity contribution in [1.82, 2.24) is 29.3 Å². The summed E-state index contributed by atoms with van der Waals surface area (Å²) in [6.07, 6.45) is 2.20. The molecule has 4 heterocycles. The first kappa shape index (κ1) is 20.9. The SMILES string of the molecule is CCc1nnc(NC(=O)CSc2nc(-c3ccco3)nc3c2c(=O)n(C)c(=O)n3C)s1. The fourth-order valence-electron chi connectivity index (χ4n) is 2.79. The molecule has 31 heavy (non-hydrogen) atoms. The average Bonchev–Trinajstić information content (AvgIpc) is 3.46. The fourth-order valence-corrected chi connectivity index (χ4v) is 4.30. The van der Waals surface area contributed by atoms with E-state index in [1.54, 1.807) is 12.1 Å². The van der Waals surface area contributed by atoms with Crippen LogP contribution < -0.4 is 16.6 Å². The number of hydrogen-bond acceptors (Lipinski definition) is 10. The molecule has 0 spiro atoms. The molecule has 0 unspecified atom stereocenters. The molecule has 0 aliphatic rings. The Kier molecular flexibility index (Phi) is 5.69. The third kappa shape index (κ3) is 4.01. The lowest BCUT2D eigenvalue weighted by Crippen LogP contribution is -2.37. The zero-order valence-electron chi connectivity index (χ0n) is 16.8. The molecule has 0 saturated carbocycles. The minimum absolute atomic E-state index is 0.0310. The maximum atomic E-state index is 12.8. The topological polar surface area (TPSA) is 138 Å². The van der Waals surface area contributed by atoms with Gasteiger partial charge in [-0.3, -0.25) is 24.0 Å². The van der Waals surface area contributed by atoms with Crippen LogP contribution in [0.5, 0.6) is 0 Å². The molecule has 1 amide bonds. The number of aryl methyl sites for hydroxylation is 2. The van der Waals surface area contributed by atoms with Gasteiger partial charge in [-0.15, -0.1) is 10.2 Å². The number of thioether (sulfide) groups is 1. The van der Waals surface area contributed by atoms with E-state index in [1.807, 2.05) is 6.92 Å². The average molecular weight is 460 g/mol. The van der Waals surface area contributed by atoms with Crippen LogP contribution in [-0.2, 0) is 25.3 Å². The lowest BCUT2D eigenvalue weighted by atomic mass is 10.3. The lowest BCUT2D eigenvalue weighted by Gasteiger charge is -2.11. The van der Waals surface area contributed by atoms with Crippen molar-refractivity contribution in [3.8, 4) is 11.6 Å². The van der Waals surface area contributed by atoms with Gasteiger partial charge < -0.3 is 4.42 Å². The Bertz CT molecular complexity index is 1390. The Morgan fingerprint density at radius 1 is 1.23 bits per heavy atom. The summed E-state index contributed by atoms with van der Waals surface area (Å²) in [6, 6.07) is 3.35. The summed E-state index contributed by atoms with van der Waals surface area (Å²) in [5, 5.41) is 12.2. The van der Waals surface area contributed by atoms with Crippen LogP contribution in [0, 0.1) is 0 Å². The van der Waals surface area contributed by atoms with Crippen molar-refractivity contribution in [3.63, 3.8) is 0 Å². The van der Waals surface area contributed by atoms with Crippen LogP contribution in [0.15, 0.2) is 37.4 Å². The molecular formula is C18H17N7O4S2. The van der Waals surface area contributed by atoms with Gasteiger partial charge >= 0.3 is 5.69 Å². The van der Waals surface area contributed by atoms with E-state index in [4.69, 9.17) is 4.42 Å². The largest absolute Gasteiger partial charge is 0.461 e. The number of nitrogens with one attached hydrogen (secondary N) is 1. The van der Waals surface area contributed by atoms with E-state index in [0.717, 1.165) is 27.8 Å². The van der Waals surface area contributed by atoms with Crippen LogP contribution >= 0.6 is 23.1 Å². The number of fused-ring (bicyclic) bond motifs is 1. The van der Waals surface area contributed by atoms with Crippen molar-refractivity contribution in [2.24, 2.45) is 14.1 Å². The Labute approximate surface area is 183 Å². The van der Waals surface area contributed by atoms with E-state index in [1.165, 1.54) is 36.3 Å². The Morgan fingerprint density at radius 2 is 2.03 bits per heavy atom. The second-order valence-corrected chi connectivity index (χ2v) is 8.45. The monoisotopic (exact) mass is 459 g/mol. The first-order valence-electron chi connectivity index (χ1n) is 9.15. The van der Waals surface area contributed by atoms with Gasteiger partial charge in [-0.25, -0.2) is 14.8 Å². The zero-order chi connectivity index (χ0) is 22.1. The number of hydrogen-bond donors (Lipinski definition) is 1. The summed E-state index contributed by atoms with van der Waals surface area (Å²) in [5.41, 5.74) is -0.892. The zero-order valence-corrected chi connectivity index (χ0v) is 18.4. The quantitative estimate of drug-likeness (QED) is 0.335. The Hall–Kier alpha value is -3.32. The summed E-state index contributed by atoms with van der Waals surface area (Å²) in [6.45, 7) is 1.95. The molecule has 0 saturated heterocycles. The number of anilines is 1. The van der Waals surface area contributed by atoms with Gasteiger partial charge in [0.15, 0.2) is 17.2 Å². The van der Waals surface area contributed by atoms with Gasteiger partial charge in [0.1, 0.15) is 15.4 Å². The maximum Gasteiger partial charge on any atom is 0.332 e. The Balaban J connectivity index is 1.72. The molecule has 0 aliphatic heterocycles. The van der Waals surface area contributed by atoms with Crippen molar-refractivity contribution in [3.05, 3.63) is 44.2 Å². The van der Waals surface area contributed by atoms with Crippen LogP contribution in [0.2, 0.25) is 0 Å². The second kappa shape index (κ2) is 8.43. The van der Waals surface area contributed by atoms with Crippen molar-refractivity contribution >= 4 is 45.2 Å². The molecular weight excluding hydrogens is 442 g/mol. The number of rotatable bonds is 6. The molecule has 0 atom stereocenters. The van der Waals surface area contributed by atoms with Gasteiger partial charge in [-0.1, -0.05) is 30.0 Å². The van der Waals surface area contributed by atoms with Gasteiger partial charge in [0, 0.05) is 14.1 Å².